The lowest BCUT2D eigenvalue weighted by Crippen LogP contribution is -2.45. The molecule has 0 bridgehead atoms. The van der Waals surface area contributed by atoms with Gasteiger partial charge in [0.1, 0.15) is 6.04 Å². The highest BCUT2D eigenvalue weighted by Crippen LogP contribution is 2.25. The van der Waals surface area contributed by atoms with E-state index in [0.717, 1.165) is 28.5 Å². The molecule has 0 fully saturated rings. The van der Waals surface area contributed by atoms with E-state index >= 15 is 0 Å². The van der Waals surface area contributed by atoms with E-state index in [9.17, 15) is 13.2 Å². The summed E-state index contributed by atoms with van der Waals surface area (Å²) in [5, 5.41) is 2.84. The highest BCUT2D eigenvalue weighted by Gasteiger charge is 2.29. The molecule has 0 heterocycles. The third-order valence-electron chi connectivity index (χ3n) is 4.19. The minimum atomic E-state index is -3.63. The summed E-state index contributed by atoms with van der Waals surface area (Å²) in [6.45, 7) is 9.28. The van der Waals surface area contributed by atoms with E-state index in [1.165, 1.54) is 4.31 Å². The Labute approximate surface area is 156 Å². The van der Waals surface area contributed by atoms with Crippen LogP contribution in [0.2, 0.25) is 0 Å². The molecule has 0 spiro atoms. The van der Waals surface area contributed by atoms with Gasteiger partial charge >= 0.3 is 0 Å². The number of aryl methyl sites for hydroxylation is 4. The van der Waals surface area contributed by atoms with Crippen molar-refractivity contribution in [3.05, 3.63) is 58.7 Å². The number of rotatable bonds is 5. The highest BCUT2D eigenvalue weighted by atomic mass is 32.2. The fraction of sp³-hybridized carbons (Fsp3) is 0.350. The number of nitrogens with zero attached hydrogens (tertiary/aromatic N) is 1. The summed E-state index contributed by atoms with van der Waals surface area (Å²) in [4.78, 5) is 12.8. The van der Waals surface area contributed by atoms with Crippen LogP contribution in [0.3, 0.4) is 0 Å². The first-order valence-electron chi connectivity index (χ1n) is 8.45. The van der Waals surface area contributed by atoms with Gasteiger partial charge in [-0.05, 0) is 69.5 Å². The molecule has 0 unspecified atom stereocenters. The zero-order chi connectivity index (χ0) is 19.6. The van der Waals surface area contributed by atoms with E-state index in [1.807, 2.05) is 52.0 Å². The van der Waals surface area contributed by atoms with Crippen LogP contribution in [0.25, 0.3) is 0 Å². The molecule has 0 radical (unpaired) electrons. The molecule has 26 heavy (non-hydrogen) atoms. The monoisotopic (exact) mass is 374 g/mol. The number of hydrogen-bond donors (Lipinski definition) is 1. The Kier molecular flexibility index (Phi) is 5.76. The van der Waals surface area contributed by atoms with Crippen LogP contribution in [0.15, 0.2) is 36.4 Å². The Hall–Kier alpha value is -2.34. The molecule has 1 N–H and O–H groups in total. The van der Waals surface area contributed by atoms with Crippen LogP contribution in [-0.4, -0.2) is 26.6 Å². The molecule has 0 aliphatic rings. The summed E-state index contributed by atoms with van der Waals surface area (Å²) in [6, 6.07) is 10.3. The Balaban J connectivity index is 2.37. The van der Waals surface area contributed by atoms with Crippen LogP contribution >= 0.6 is 0 Å². The highest BCUT2D eigenvalue weighted by molar-refractivity contribution is 7.92. The van der Waals surface area contributed by atoms with Crippen molar-refractivity contribution >= 4 is 27.3 Å². The van der Waals surface area contributed by atoms with Gasteiger partial charge in [-0.1, -0.05) is 23.8 Å². The fourth-order valence-corrected chi connectivity index (χ4v) is 4.24. The first-order valence-corrected chi connectivity index (χ1v) is 10.3. The molecule has 6 heteroatoms. The number of benzene rings is 2. The minimum Gasteiger partial charge on any atom is -0.324 e. The van der Waals surface area contributed by atoms with Gasteiger partial charge in [0, 0.05) is 5.69 Å². The molecular formula is C20H26N2O3S. The number of amides is 1. The number of sulfonamides is 1. The molecule has 1 atom stereocenters. The summed E-state index contributed by atoms with van der Waals surface area (Å²) in [7, 11) is -3.63. The Morgan fingerprint density at radius 1 is 0.962 bits per heavy atom. The smallest absolute Gasteiger partial charge is 0.248 e. The van der Waals surface area contributed by atoms with Gasteiger partial charge < -0.3 is 5.32 Å². The first kappa shape index (κ1) is 20.0. The zero-order valence-corrected chi connectivity index (χ0v) is 16.9. The lowest BCUT2D eigenvalue weighted by Gasteiger charge is -2.29. The van der Waals surface area contributed by atoms with Crippen LogP contribution in [0.4, 0.5) is 11.4 Å². The Bertz CT molecular complexity index is 916. The second-order valence-electron chi connectivity index (χ2n) is 6.89. The summed E-state index contributed by atoms with van der Waals surface area (Å²) < 4.78 is 26.0. The molecule has 0 aliphatic heterocycles. The van der Waals surface area contributed by atoms with Gasteiger partial charge in [-0.3, -0.25) is 9.10 Å². The van der Waals surface area contributed by atoms with E-state index in [-0.39, 0.29) is 5.91 Å². The average molecular weight is 375 g/mol. The molecule has 0 aliphatic carbocycles. The maximum absolute atomic E-state index is 12.8. The number of anilines is 2. The van der Waals surface area contributed by atoms with Crippen molar-refractivity contribution in [1.29, 1.82) is 0 Å². The van der Waals surface area contributed by atoms with Crippen molar-refractivity contribution in [2.45, 2.75) is 40.7 Å². The Morgan fingerprint density at radius 2 is 1.54 bits per heavy atom. The molecular weight excluding hydrogens is 348 g/mol. The van der Waals surface area contributed by atoms with Crippen LogP contribution in [0.1, 0.15) is 29.2 Å². The van der Waals surface area contributed by atoms with Gasteiger partial charge in [-0.25, -0.2) is 8.42 Å². The first-order chi connectivity index (χ1) is 12.0. The second-order valence-corrected chi connectivity index (χ2v) is 8.75. The summed E-state index contributed by atoms with van der Waals surface area (Å²) in [6.07, 6.45) is 1.12. The van der Waals surface area contributed by atoms with Gasteiger partial charge in [0.25, 0.3) is 0 Å². The molecule has 0 saturated carbocycles. The van der Waals surface area contributed by atoms with Gasteiger partial charge in [0.15, 0.2) is 0 Å². The van der Waals surface area contributed by atoms with Crippen molar-refractivity contribution in [2.24, 2.45) is 0 Å². The molecule has 2 aromatic carbocycles. The van der Waals surface area contributed by atoms with Crippen LogP contribution in [-0.2, 0) is 14.8 Å². The van der Waals surface area contributed by atoms with Gasteiger partial charge in [-0.15, -0.1) is 0 Å². The number of carbonyl (C=O) groups is 1. The predicted molar refractivity (Wildman–Crippen MR) is 107 cm³/mol. The minimum absolute atomic E-state index is 0.374. The zero-order valence-electron chi connectivity index (χ0n) is 16.1. The van der Waals surface area contributed by atoms with Crippen LogP contribution in [0.5, 0.6) is 0 Å². The van der Waals surface area contributed by atoms with E-state index < -0.39 is 16.1 Å². The van der Waals surface area contributed by atoms with Crippen LogP contribution < -0.4 is 9.62 Å². The van der Waals surface area contributed by atoms with E-state index in [2.05, 4.69) is 5.32 Å². The summed E-state index contributed by atoms with van der Waals surface area (Å²) >= 11 is 0. The van der Waals surface area contributed by atoms with Crippen molar-refractivity contribution in [2.75, 3.05) is 15.9 Å². The normalized spacial score (nSPS) is 12.5. The van der Waals surface area contributed by atoms with Gasteiger partial charge in [0.05, 0.1) is 11.9 Å². The van der Waals surface area contributed by atoms with Gasteiger partial charge in [-0.2, -0.15) is 0 Å². The number of nitrogens with one attached hydrogen (secondary N) is 1. The fourth-order valence-electron chi connectivity index (χ4n) is 3.08. The molecule has 5 nitrogen and oxygen atoms in total. The van der Waals surface area contributed by atoms with Gasteiger partial charge in [0.2, 0.25) is 15.9 Å². The molecule has 0 saturated heterocycles. The molecule has 1 amide bonds. The topological polar surface area (TPSA) is 66.5 Å². The predicted octanol–water partition coefficient (Wildman–Crippen LogP) is 3.71. The quantitative estimate of drug-likeness (QED) is 0.867. The lowest BCUT2D eigenvalue weighted by molar-refractivity contribution is -0.116. The summed E-state index contributed by atoms with van der Waals surface area (Å²) in [5.41, 5.74) is 5.09. The van der Waals surface area contributed by atoms with Crippen molar-refractivity contribution in [1.82, 2.24) is 0 Å². The van der Waals surface area contributed by atoms with E-state index in [4.69, 9.17) is 0 Å². The largest absolute Gasteiger partial charge is 0.324 e. The molecule has 2 rings (SSSR count). The average Bonchev–Trinajstić information content (AvgIpc) is 2.47. The van der Waals surface area contributed by atoms with Crippen molar-refractivity contribution < 1.29 is 13.2 Å². The third kappa shape index (κ3) is 4.64. The summed E-state index contributed by atoms with van der Waals surface area (Å²) in [5.74, 6) is -0.374. The number of hydrogen-bond acceptors (Lipinski definition) is 3. The van der Waals surface area contributed by atoms with Crippen LogP contribution in [0, 0.1) is 27.7 Å². The number of carbonyl (C=O) groups excluding carboxylic acids is 1. The van der Waals surface area contributed by atoms with Crippen molar-refractivity contribution in [3.8, 4) is 0 Å². The van der Waals surface area contributed by atoms with Crippen molar-refractivity contribution in [3.63, 3.8) is 0 Å². The molecule has 2 aromatic rings. The maximum atomic E-state index is 12.8. The van der Waals surface area contributed by atoms with E-state index in [0.29, 0.717) is 11.4 Å². The molecule has 140 valence electrons. The SMILES string of the molecule is Cc1cc(C)cc(N([C@H](C)C(=O)Nc2ccc(C)cc2C)S(C)(=O)=O)c1. The second kappa shape index (κ2) is 7.50. The maximum Gasteiger partial charge on any atom is 0.248 e. The lowest BCUT2D eigenvalue weighted by atomic mass is 10.1. The van der Waals surface area contributed by atoms with E-state index in [1.54, 1.807) is 19.1 Å². The Morgan fingerprint density at radius 3 is 2.04 bits per heavy atom. The molecule has 0 aromatic heterocycles. The standard InChI is InChI=1S/C20H26N2O3S/c1-13-7-8-19(16(4)10-13)21-20(23)17(5)22(26(6,24)25)18-11-14(2)9-15(3)12-18/h7-12,17H,1-6H3,(H,21,23)/t17-/m1/s1. The third-order valence-corrected chi connectivity index (χ3v) is 5.43.